The lowest BCUT2D eigenvalue weighted by atomic mass is 9.95. The number of hydrogen-bond acceptors (Lipinski definition) is 6. The Morgan fingerprint density at radius 2 is 1.50 bits per heavy atom. The van der Waals surface area contributed by atoms with Gasteiger partial charge in [-0.1, -0.05) is 0 Å². The highest BCUT2D eigenvalue weighted by Crippen LogP contribution is 2.35. The summed E-state index contributed by atoms with van der Waals surface area (Å²) in [7, 11) is 2.64. The van der Waals surface area contributed by atoms with Crippen molar-refractivity contribution in [1.82, 2.24) is 0 Å². The van der Waals surface area contributed by atoms with Crippen molar-refractivity contribution in [3.05, 3.63) is 28.6 Å². The molecule has 0 unspecified atom stereocenters. The van der Waals surface area contributed by atoms with Gasteiger partial charge in [0.1, 0.15) is 11.6 Å². The van der Waals surface area contributed by atoms with Crippen LogP contribution < -0.4 is 4.74 Å². The molecule has 0 radical (unpaired) electrons. The molecule has 6 nitrogen and oxygen atoms in total. The molecular formula is C13H10F3NO5. The molecule has 1 rings (SSSR count). The summed E-state index contributed by atoms with van der Waals surface area (Å²) in [6, 6.07) is 1.24. The van der Waals surface area contributed by atoms with E-state index in [9.17, 15) is 22.8 Å². The first-order chi connectivity index (χ1) is 10.3. The molecule has 0 N–H and O–H groups in total. The van der Waals surface area contributed by atoms with Crippen molar-refractivity contribution < 1.29 is 37.0 Å². The van der Waals surface area contributed by atoms with Gasteiger partial charge in [0.2, 0.25) is 0 Å². The van der Waals surface area contributed by atoms with Crippen LogP contribution in [0.25, 0.3) is 0 Å². The summed E-state index contributed by atoms with van der Waals surface area (Å²) in [5, 5.41) is 8.73. The Morgan fingerprint density at radius 1 is 1.00 bits per heavy atom. The second-order valence-corrected chi connectivity index (χ2v) is 3.86. The second-order valence-electron chi connectivity index (χ2n) is 3.86. The smallest absolute Gasteiger partial charge is 0.324 e. The summed E-state index contributed by atoms with van der Waals surface area (Å²) in [5.41, 5.74) is -2.29. The predicted molar refractivity (Wildman–Crippen MR) is 64.4 cm³/mol. The van der Waals surface area contributed by atoms with Crippen LogP contribution in [0.2, 0.25) is 0 Å². The highest BCUT2D eigenvalue weighted by molar-refractivity contribution is 6.01. The maximum atomic E-state index is 14.3. The number of rotatable bonds is 4. The predicted octanol–water partition coefficient (Wildman–Crippen LogP) is 1.41. The van der Waals surface area contributed by atoms with Gasteiger partial charge >= 0.3 is 11.9 Å². The van der Waals surface area contributed by atoms with Crippen molar-refractivity contribution in [2.45, 2.75) is 5.92 Å². The molecule has 0 saturated carbocycles. The number of esters is 2. The van der Waals surface area contributed by atoms with E-state index in [1.54, 1.807) is 0 Å². The lowest BCUT2D eigenvalue weighted by Crippen LogP contribution is -2.27. The Morgan fingerprint density at radius 3 is 1.86 bits per heavy atom. The third-order valence-electron chi connectivity index (χ3n) is 2.79. The van der Waals surface area contributed by atoms with Crippen LogP contribution in [0.15, 0.2) is 0 Å². The molecule has 0 aromatic heterocycles. The normalized spacial score (nSPS) is 10.1. The zero-order valence-electron chi connectivity index (χ0n) is 11.7. The van der Waals surface area contributed by atoms with E-state index in [2.05, 4.69) is 14.2 Å². The summed E-state index contributed by atoms with van der Waals surface area (Å²) in [6.07, 6.45) is 0. The van der Waals surface area contributed by atoms with E-state index in [4.69, 9.17) is 5.26 Å². The van der Waals surface area contributed by atoms with Crippen molar-refractivity contribution in [2.75, 3.05) is 21.3 Å². The highest BCUT2D eigenvalue weighted by Gasteiger charge is 2.39. The molecule has 0 aliphatic heterocycles. The topological polar surface area (TPSA) is 85.6 Å². The first-order valence-corrected chi connectivity index (χ1v) is 5.65. The second kappa shape index (κ2) is 6.80. The van der Waals surface area contributed by atoms with E-state index < -0.39 is 52.2 Å². The van der Waals surface area contributed by atoms with Gasteiger partial charge in [0.15, 0.2) is 29.1 Å². The molecule has 0 bridgehead atoms. The maximum Gasteiger partial charge on any atom is 0.324 e. The monoisotopic (exact) mass is 317 g/mol. The average Bonchev–Trinajstić information content (AvgIpc) is 2.53. The molecule has 1 aromatic rings. The zero-order valence-corrected chi connectivity index (χ0v) is 11.7. The van der Waals surface area contributed by atoms with Gasteiger partial charge in [0, 0.05) is 0 Å². The van der Waals surface area contributed by atoms with E-state index in [0.717, 1.165) is 21.3 Å². The minimum atomic E-state index is -2.20. The number of methoxy groups -OCH3 is 3. The van der Waals surface area contributed by atoms with E-state index >= 15 is 0 Å². The lowest BCUT2D eigenvalue weighted by Gasteiger charge is -2.17. The zero-order chi connectivity index (χ0) is 17.0. The molecule has 0 saturated heterocycles. The number of carbonyl (C=O) groups is 2. The molecule has 1 aromatic carbocycles. The molecule has 9 heteroatoms. The van der Waals surface area contributed by atoms with E-state index in [1.165, 1.54) is 6.07 Å². The van der Waals surface area contributed by atoms with Crippen LogP contribution in [-0.2, 0) is 19.1 Å². The summed E-state index contributed by atoms with van der Waals surface area (Å²) in [5.74, 6) is -11.1. The minimum Gasteiger partial charge on any atom is -0.492 e. The van der Waals surface area contributed by atoms with E-state index in [0.29, 0.717) is 0 Å². The minimum absolute atomic E-state index is 0.866. The van der Waals surface area contributed by atoms with E-state index in [-0.39, 0.29) is 0 Å². The molecule has 0 aliphatic rings. The number of halogens is 3. The largest absolute Gasteiger partial charge is 0.492 e. The Bertz CT molecular complexity index is 653. The molecule has 0 aliphatic carbocycles. The van der Waals surface area contributed by atoms with Crippen molar-refractivity contribution in [1.29, 1.82) is 5.26 Å². The van der Waals surface area contributed by atoms with Crippen molar-refractivity contribution in [3.8, 4) is 11.8 Å². The Labute approximate surface area is 123 Å². The number of hydrogen-bond donors (Lipinski definition) is 0. The standard InChI is InChI=1S/C13H10F3NO5/c1-20-11-5(4-17)8(14)9(15)6(10(11)16)7(12(18)21-2)13(19)22-3/h7H,1-3H3. The number of nitrogens with zero attached hydrogens (tertiary/aromatic N) is 1. The molecule has 22 heavy (non-hydrogen) atoms. The van der Waals surface area contributed by atoms with Gasteiger partial charge in [-0.3, -0.25) is 9.59 Å². The third-order valence-corrected chi connectivity index (χ3v) is 2.79. The Hall–Kier alpha value is -2.76. The van der Waals surface area contributed by atoms with E-state index in [1.807, 2.05) is 0 Å². The summed E-state index contributed by atoms with van der Waals surface area (Å²) < 4.78 is 55.2. The number of carbonyl (C=O) groups excluding carboxylic acids is 2. The SMILES string of the molecule is COC(=O)C(C(=O)OC)c1c(F)c(F)c(C#N)c(OC)c1F. The van der Waals surface area contributed by atoms with Crippen LogP contribution in [-0.4, -0.2) is 33.3 Å². The van der Waals surface area contributed by atoms with Gasteiger partial charge in [0.05, 0.1) is 26.9 Å². The van der Waals surface area contributed by atoms with Crippen LogP contribution in [0.5, 0.6) is 5.75 Å². The molecule has 0 amide bonds. The lowest BCUT2D eigenvalue weighted by molar-refractivity contribution is -0.154. The quantitative estimate of drug-likeness (QED) is 0.474. The van der Waals surface area contributed by atoms with Crippen molar-refractivity contribution in [2.24, 2.45) is 0 Å². The van der Waals surface area contributed by atoms with Crippen LogP contribution in [0.1, 0.15) is 17.0 Å². The van der Waals surface area contributed by atoms with Gasteiger partial charge in [-0.25, -0.2) is 13.2 Å². The van der Waals surface area contributed by atoms with Crippen LogP contribution >= 0.6 is 0 Å². The van der Waals surface area contributed by atoms with Gasteiger partial charge < -0.3 is 14.2 Å². The van der Waals surface area contributed by atoms with Gasteiger partial charge in [-0.2, -0.15) is 5.26 Å². The van der Waals surface area contributed by atoms with Gasteiger partial charge in [-0.15, -0.1) is 0 Å². The number of benzene rings is 1. The Kier molecular flexibility index (Phi) is 5.34. The third kappa shape index (κ3) is 2.67. The first kappa shape index (κ1) is 17.3. The molecule has 118 valence electrons. The van der Waals surface area contributed by atoms with Crippen molar-refractivity contribution in [3.63, 3.8) is 0 Å². The Balaban J connectivity index is 3.79. The summed E-state index contributed by atoms with van der Waals surface area (Å²) in [4.78, 5) is 23.2. The summed E-state index contributed by atoms with van der Waals surface area (Å²) in [6.45, 7) is 0. The fraction of sp³-hybridized carbons (Fsp3) is 0.308. The first-order valence-electron chi connectivity index (χ1n) is 5.65. The molecule has 0 heterocycles. The molecule has 0 atom stereocenters. The molecular weight excluding hydrogens is 307 g/mol. The van der Waals surface area contributed by atoms with Gasteiger partial charge in [-0.05, 0) is 0 Å². The maximum absolute atomic E-state index is 14.3. The van der Waals surface area contributed by atoms with Gasteiger partial charge in [0.25, 0.3) is 0 Å². The molecule has 0 spiro atoms. The number of nitriles is 1. The van der Waals surface area contributed by atoms with Crippen molar-refractivity contribution >= 4 is 11.9 Å². The van der Waals surface area contributed by atoms with Crippen LogP contribution in [0.4, 0.5) is 13.2 Å². The fourth-order valence-corrected chi connectivity index (χ4v) is 1.77. The summed E-state index contributed by atoms with van der Waals surface area (Å²) >= 11 is 0. The average molecular weight is 317 g/mol. The number of ether oxygens (including phenoxy) is 3. The fourth-order valence-electron chi connectivity index (χ4n) is 1.77. The van der Waals surface area contributed by atoms with Crippen LogP contribution in [0.3, 0.4) is 0 Å². The van der Waals surface area contributed by atoms with Crippen LogP contribution in [0, 0.1) is 28.8 Å². The molecule has 0 fully saturated rings. The highest BCUT2D eigenvalue weighted by atomic mass is 19.2.